The highest BCUT2D eigenvalue weighted by atomic mass is 32.1. The summed E-state index contributed by atoms with van der Waals surface area (Å²) in [5.41, 5.74) is 1.21. The Labute approximate surface area is 78.2 Å². The van der Waals surface area contributed by atoms with Crippen molar-refractivity contribution in [3.63, 3.8) is 0 Å². The maximum absolute atomic E-state index is 11.4. The van der Waals surface area contributed by atoms with Crippen LogP contribution in [0.2, 0.25) is 0 Å². The number of amides is 1. The Morgan fingerprint density at radius 2 is 2.54 bits per heavy atom. The third-order valence-corrected chi connectivity index (χ3v) is 2.16. The number of carbonyl (C=O) groups is 1. The summed E-state index contributed by atoms with van der Waals surface area (Å²) in [6.07, 6.45) is 2.68. The largest absolute Gasteiger partial charge is 0.364 e. The van der Waals surface area contributed by atoms with Crippen LogP contribution in [0.5, 0.6) is 0 Å². The van der Waals surface area contributed by atoms with Crippen molar-refractivity contribution in [2.75, 3.05) is 5.32 Å². The van der Waals surface area contributed by atoms with Gasteiger partial charge < -0.3 is 9.84 Å². The summed E-state index contributed by atoms with van der Waals surface area (Å²) in [5, 5.41) is 9.88. The first-order chi connectivity index (χ1) is 6.36. The number of hydrogen-bond acceptors (Lipinski definition) is 4. The molecule has 0 fully saturated rings. The lowest BCUT2D eigenvalue weighted by molar-refractivity contribution is 0.102. The van der Waals surface area contributed by atoms with Crippen LogP contribution in [0.25, 0.3) is 0 Å². The first kappa shape index (κ1) is 8.00. The Morgan fingerprint density at radius 1 is 1.62 bits per heavy atom. The molecular weight excluding hydrogens is 188 g/mol. The zero-order chi connectivity index (χ0) is 9.10. The van der Waals surface area contributed by atoms with Crippen molar-refractivity contribution in [2.24, 2.45) is 0 Å². The van der Waals surface area contributed by atoms with Crippen molar-refractivity contribution in [3.8, 4) is 0 Å². The predicted molar refractivity (Wildman–Crippen MR) is 48.8 cm³/mol. The van der Waals surface area contributed by atoms with E-state index in [-0.39, 0.29) is 5.91 Å². The second-order valence-electron chi connectivity index (χ2n) is 2.38. The molecule has 0 aliphatic rings. The van der Waals surface area contributed by atoms with Crippen LogP contribution in [0.3, 0.4) is 0 Å². The molecule has 0 aromatic carbocycles. The second-order valence-corrected chi connectivity index (χ2v) is 3.16. The van der Waals surface area contributed by atoms with Gasteiger partial charge >= 0.3 is 0 Å². The Balaban J connectivity index is 2.08. The molecule has 2 heterocycles. The third kappa shape index (κ3) is 1.75. The number of hydrogen-bond donors (Lipinski definition) is 1. The molecule has 2 aromatic rings. The number of anilines is 1. The molecule has 0 radical (unpaired) electrons. The van der Waals surface area contributed by atoms with Gasteiger partial charge in [0.1, 0.15) is 6.26 Å². The first-order valence-electron chi connectivity index (χ1n) is 3.59. The van der Waals surface area contributed by atoms with Crippen molar-refractivity contribution in [1.29, 1.82) is 0 Å². The van der Waals surface area contributed by atoms with E-state index in [0.717, 1.165) is 5.69 Å². The van der Waals surface area contributed by atoms with E-state index in [9.17, 15) is 4.79 Å². The maximum atomic E-state index is 11.4. The molecule has 1 amide bonds. The number of nitrogens with one attached hydrogen (secondary N) is 1. The van der Waals surface area contributed by atoms with Crippen LogP contribution >= 0.6 is 11.3 Å². The van der Waals surface area contributed by atoms with E-state index in [1.54, 1.807) is 0 Å². The Bertz CT molecular complexity index is 380. The Hall–Kier alpha value is -1.62. The average molecular weight is 194 g/mol. The van der Waals surface area contributed by atoms with Gasteiger partial charge in [-0.1, -0.05) is 5.16 Å². The summed E-state index contributed by atoms with van der Waals surface area (Å²) in [5.74, 6) is -0.209. The fourth-order valence-corrected chi connectivity index (χ4v) is 1.44. The van der Waals surface area contributed by atoms with Crippen molar-refractivity contribution in [1.82, 2.24) is 5.16 Å². The molecule has 4 nitrogen and oxygen atoms in total. The highest BCUT2D eigenvalue weighted by molar-refractivity contribution is 7.08. The lowest BCUT2D eigenvalue weighted by Gasteiger charge is -1.97. The van der Waals surface area contributed by atoms with Gasteiger partial charge in [-0.05, 0) is 11.4 Å². The normalized spacial score (nSPS) is 9.85. The fraction of sp³-hybridized carbons (Fsp3) is 0. The minimum Gasteiger partial charge on any atom is -0.364 e. The smallest absolute Gasteiger partial charge is 0.260 e. The number of thiophene rings is 1. The molecule has 0 saturated heterocycles. The Kier molecular flexibility index (Phi) is 2.09. The average Bonchev–Trinajstić information content (AvgIpc) is 2.74. The summed E-state index contributed by atoms with van der Waals surface area (Å²) in [7, 11) is 0. The molecule has 0 unspecified atom stereocenters. The van der Waals surface area contributed by atoms with Gasteiger partial charge in [-0.25, -0.2) is 0 Å². The summed E-state index contributed by atoms with van der Waals surface area (Å²) in [4.78, 5) is 11.4. The Morgan fingerprint density at radius 3 is 3.15 bits per heavy atom. The van der Waals surface area contributed by atoms with Gasteiger partial charge in [-0.3, -0.25) is 4.79 Å². The number of aromatic nitrogens is 1. The van der Waals surface area contributed by atoms with Gasteiger partial charge in [0, 0.05) is 5.38 Å². The van der Waals surface area contributed by atoms with Crippen LogP contribution in [0.1, 0.15) is 10.4 Å². The van der Waals surface area contributed by atoms with E-state index < -0.39 is 0 Å². The molecule has 5 heteroatoms. The monoisotopic (exact) mass is 194 g/mol. The lowest BCUT2D eigenvalue weighted by Crippen LogP contribution is -2.09. The molecule has 2 aromatic heterocycles. The van der Waals surface area contributed by atoms with Crippen LogP contribution < -0.4 is 5.32 Å². The van der Waals surface area contributed by atoms with Crippen LogP contribution in [0, 0.1) is 0 Å². The minimum atomic E-state index is -0.209. The van der Waals surface area contributed by atoms with E-state index in [2.05, 4.69) is 15.0 Å². The summed E-state index contributed by atoms with van der Waals surface area (Å²) < 4.78 is 4.55. The van der Waals surface area contributed by atoms with Gasteiger partial charge in [0.15, 0.2) is 0 Å². The van der Waals surface area contributed by atoms with Gasteiger partial charge in [-0.15, -0.1) is 0 Å². The number of carbonyl (C=O) groups excluding carboxylic acids is 1. The lowest BCUT2D eigenvalue weighted by atomic mass is 10.3. The van der Waals surface area contributed by atoms with Gasteiger partial charge in [0.2, 0.25) is 0 Å². The van der Waals surface area contributed by atoms with Crippen LogP contribution in [-0.4, -0.2) is 11.1 Å². The quantitative estimate of drug-likeness (QED) is 0.795. The highest BCUT2D eigenvalue weighted by Crippen LogP contribution is 2.12. The molecule has 0 aliphatic heterocycles. The molecule has 0 spiro atoms. The third-order valence-electron chi connectivity index (χ3n) is 1.47. The van der Waals surface area contributed by atoms with Crippen molar-refractivity contribution in [3.05, 3.63) is 34.8 Å². The molecule has 13 heavy (non-hydrogen) atoms. The molecule has 0 bridgehead atoms. The van der Waals surface area contributed by atoms with E-state index in [1.165, 1.54) is 23.8 Å². The van der Waals surface area contributed by atoms with Gasteiger partial charge in [0.05, 0.1) is 17.4 Å². The van der Waals surface area contributed by atoms with E-state index in [0.29, 0.717) is 5.56 Å². The zero-order valence-corrected chi connectivity index (χ0v) is 7.38. The summed E-state index contributed by atoms with van der Waals surface area (Å²) in [6, 6.07) is 1.83. The molecule has 0 aliphatic carbocycles. The molecule has 2 rings (SSSR count). The predicted octanol–water partition coefficient (Wildman–Crippen LogP) is 1.99. The van der Waals surface area contributed by atoms with Crippen LogP contribution in [0.4, 0.5) is 5.69 Å². The second kappa shape index (κ2) is 3.40. The molecule has 66 valence electrons. The van der Waals surface area contributed by atoms with Gasteiger partial charge in [-0.2, -0.15) is 11.3 Å². The highest BCUT2D eigenvalue weighted by Gasteiger charge is 2.07. The van der Waals surface area contributed by atoms with Crippen molar-refractivity contribution >= 4 is 22.9 Å². The summed E-state index contributed by atoms with van der Waals surface area (Å²) >= 11 is 1.53. The molecule has 0 atom stereocenters. The fourth-order valence-electron chi connectivity index (χ4n) is 0.856. The van der Waals surface area contributed by atoms with E-state index in [1.807, 2.05) is 16.8 Å². The van der Waals surface area contributed by atoms with Crippen LogP contribution in [-0.2, 0) is 0 Å². The molecule has 1 N–H and O–H groups in total. The zero-order valence-electron chi connectivity index (χ0n) is 6.56. The standard InChI is InChI=1S/C8H6N2O2S/c11-8(6-3-9-12-4-6)10-7-1-2-13-5-7/h1-5H,(H,10,11). The van der Waals surface area contributed by atoms with Crippen LogP contribution in [0.15, 0.2) is 33.8 Å². The van der Waals surface area contributed by atoms with E-state index in [4.69, 9.17) is 0 Å². The molecule has 0 saturated carbocycles. The minimum absolute atomic E-state index is 0.209. The SMILES string of the molecule is O=C(Nc1ccsc1)c1cnoc1. The van der Waals surface area contributed by atoms with Gasteiger partial charge in [0.25, 0.3) is 5.91 Å². The summed E-state index contributed by atoms with van der Waals surface area (Å²) in [6.45, 7) is 0. The van der Waals surface area contributed by atoms with Crippen molar-refractivity contribution in [2.45, 2.75) is 0 Å². The van der Waals surface area contributed by atoms with Crippen molar-refractivity contribution < 1.29 is 9.32 Å². The molecular formula is C8H6N2O2S. The maximum Gasteiger partial charge on any atom is 0.260 e. The first-order valence-corrected chi connectivity index (χ1v) is 4.53. The number of nitrogens with zero attached hydrogens (tertiary/aromatic N) is 1. The van der Waals surface area contributed by atoms with E-state index >= 15 is 0 Å². The number of rotatable bonds is 2. The topological polar surface area (TPSA) is 55.1 Å².